The van der Waals surface area contributed by atoms with E-state index in [1.54, 1.807) is 0 Å². The topological polar surface area (TPSA) is 46.2 Å². The van der Waals surface area contributed by atoms with Gasteiger partial charge in [0.15, 0.2) is 33.3 Å². The van der Waals surface area contributed by atoms with Crippen LogP contribution in [-0.2, 0) is 21.2 Å². The van der Waals surface area contributed by atoms with Crippen LogP contribution in [0.3, 0.4) is 0 Å². The van der Waals surface area contributed by atoms with Gasteiger partial charge in [0.25, 0.3) is 18.6 Å². The van der Waals surface area contributed by atoms with Gasteiger partial charge in [-0.15, -0.1) is 0 Å². The van der Waals surface area contributed by atoms with Gasteiger partial charge in [0, 0.05) is 10.2 Å². The molecule has 2 unspecified atom stereocenters. The first kappa shape index (κ1) is 31.5. The molecule has 0 aliphatic rings. The first-order valence-corrected chi connectivity index (χ1v) is 29.7. The summed E-state index contributed by atoms with van der Waals surface area (Å²) < 4.78 is 29.7. The summed E-state index contributed by atoms with van der Waals surface area (Å²) in [6, 6.07) is 1.09. The summed E-state index contributed by atoms with van der Waals surface area (Å²) in [6.45, 7) is 30.7. The standard InChI is InChI=1S/C8H26O3Si4.C8H24O2Si3/c1-12(10-14(3,4)5)9-13(2)11-15(6,7)8;1-12(2,3)9-8(7-11)10-13(4,5)6/h12-13H,1-8H3;8H,7H2,1-6,11H3. The van der Waals surface area contributed by atoms with E-state index in [1.165, 1.54) is 0 Å². The highest BCUT2D eigenvalue weighted by Gasteiger charge is 2.26. The predicted molar refractivity (Wildman–Crippen MR) is 143 cm³/mol. The zero-order chi connectivity index (χ0) is 23.0. The average molecular weight is 519 g/mol. The second kappa shape index (κ2) is 13.0. The third kappa shape index (κ3) is 25.4. The van der Waals surface area contributed by atoms with Crippen molar-refractivity contribution in [1.29, 1.82) is 0 Å². The molecule has 0 fully saturated rings. The average Bonchev–Trinajstić information content (AvgIpc) is 2.29. The van der Waals surface area contributed by atoms with Crippen molar-refractivity contribution in [3.8, 4) is 0 Å². The zero-order valence-electron chi connectivity index (χ0n) is 21.5. The van der Waals surface area contributed by atoms with E-state index in [9.17, 15) is 0 Å². The molecule has 0 bridgehead atoms. The van der Waals surface area contributed by atoms with Crippen molar-refractivity contribution in [1.82, 2.24) is 0 Å². The van der Waals surface area contributed by atoms with Gasteiger partial charge in [0.2, 0.25) is 0 Å². The van der Waals surface area contributed by atoms with E-state index in [2.05, 4.69) is 91.7 Å². The van der Waals surface area contributed by atoms with Crippen LogP contribution in [0.15, 0.2) is 0 Å². The Morgan fingerprint density at radius 1 is 0.607 bits per heavy atom. The molecule has 0 heterocycles. The smallest absolute Gasteiger partial charge is 0.298 e. The van der Waals surface area contributed by atoms with Crippen molar-refractivity contribution in [2.45, 2.75) is 104 Å². The largest absolute Gasteiger partial charge is 0.439 e. The molecule has 0 saturated carbocycles. The van der Waals surface area contributed by atoms with Crippen LogP contribution in [-0.4, -0.2) is 68.4 Å². The van der Waals surface area contributed by atoms with Crippen molar-refractivity contribution in [3.05, 3.63) is 0 Å². The van der Waals surface area contributed by atoms with Crippen molar-refractivity contribution in [3.63, 3.8) is 0 Å². The van der Waals surface area contributed by atoms with Gasteiger partial charge in [-0.25, -0.2) is 0 Å². The summed E-state index contributed by atoms with van der Waals surface area (Å²) in [5.41, 5.74) is 0. The Morgan fingerprint density at radius 2 is 0.893 bits per heavy atom. The third-order valence-corrected chi connectivity index (χ3v) is 16.7. The van der Waals surface area contributed by atoms with Gasteiger partial charge >= 0.3 is 0 Å². The predicted octanol–water partition coefficient (Wildman–Crippen LogP) is 4.21. The number of hydrogen-bond donors (Lipinski definition) is 0. The lowest BCUT2D eigenvalue weighted by Gasteiger charge is -2.30. The van der Waals surface area contributed by atoms with Gasteiger partial charge in [-0.1, -0.05) is 0 Å². The molecule has 0 saturated heterocycles. The molecule has 0 aromatic rings. The Hall–Kier alpha value is 1.32. The minimum atomic E-state index is -1.45. The Bertz CT molecular complexity index is 378. The zero-order valence-corrected chi connectivity index (χ0v) is 29.8. The highest BCUT2D eigenvalue weighted by Crippen LogP contribution is 2.15. The second-order valence-electron chi connectivity index (χ2n) is 11.0. The van der Waals surface area contributed by atoms with Crippen LogP contribution in [0.2, 0.25) is 97.7 Å². The molecule has 0 aromatic carbocycles. The fraction of sp³-hybridized carbons (Fsp3) is 1.00. The van der Waals surface area contributed by atoms with Gasteiger partial charge in [-0.3, -0.25) is 0 Å². The molecule has 2 atom stereocenters. The van der Waals surface area contributed by atoms with Crippen LogP contribution < -0.4 is 0 Å². The van der Waals surface area contributed by atoms with Gasteiger partial charge < -0.3 is 21.2 Å². The summed E-state index contributed by atoms with van der Waals surface area (Å²) in [5, 5.41) is 0. The molecule has 0 aliphatic carbocycles. The Kier molecular flexibility index (Phi) is 14.6. The molecule has 0 rings (SSSR count). The highest BCUT2D eigenvalue weighted by molar-refractivity contribution is 6.79. The summed E-state index contributed by atoms with van der Waals surface area (Å²) in [4.78, 5) is 0. The Labute approximate surface area is 186 Å². The lowest BCUT2D eigenvalue weighted by molar-refractivity contribution is 0.00987. The van der Waals surface area contributed by atoms with E-state index in [4.69, 9.17) is 21.2 Å². The Morgan fingerprint density at radius 3 is 1.07 bits per heavy atom. The number of hydrogen-bond acceptors (Lipinski definition) is 5. The second-order valence-corrected chi connectivity index (χ2v) is 34.5. The molecule has 0 amide bonds. The summed E-state index contributed by atoms with van der Waals surface area (Å²) in [5.74, 6) is 0. The molecule has 0 spiro atoms. The molecule has 0 aliphatic heterocycles. The van der Waals surface area contributed by atoms with Gasteiger partial charge in [0.1, 0.15) is 6.29 Å². The Balaban J connectivity index is 0. The molecular weight excluding hydrogens is 469 g/mol. The lowest BCUT2D eigenvalue weighted by Crippen LogP contribution is -2.42. The maximum absolute atomic E-state index is 5.95. The lowest BCUT2D eigenvalue weighted by atomic mass is 10.8. The maximum Gasteiger partial charge on any atom is 0.298 e. The highest BCUT2D eigenvalue weighted by atomic mass is 28.5. The fourth-order valence-corrected chi connectivity index (χ4v) is 17.0. The van der Waals surface area contributed by atoms with E-state index >= 15 is 0 Å². The van der Waals surface area contributed by atoms with Crippen molar-refractivity contribution >= 4 is 62.1 Å². The van der Waals surface area contributed by atoms with Crippen molar-refractivity contribution in [2.24, 2.45) is 0 Å². The first-order valence-electron chi connectivity index (χ1n) is 10.5. The minimum Gasteiger partial charge on any atom is -0.439 e. The van der Waals surface area contributed by atoms with E-state index in [0.717, 1.165) is 16.3 Å². The van der Waals surface area contributed by atoms with E-state index < -0.39 is 51.8 Å². The minimum absolute atomic E-state index is 0.0880. The quantitative estimate of drug-likeness (QED) is 0.303. The van der Waals surface area contributed by atoms with Crippen LogP contribution in [0.25, 0.3) is 0 Å². The maximum atomic E-state index is 5.95. The normalized spacial score (nSPS) is 16.0. The molecule has 28 heavy (non-hydrogen) atoms. The summed E-state index contributed by atoms with van der Waals surface area (Å²) in [7, 11) is -7.46. The third-order valence-electron chi connectivity index (χ3n) is 2.73. The van der Waals surface area contributed by atoms with Crippen LogP contribution in [0.1, 0.15) is 0 Å². The fourth-order valence-electron chi connectivity index (χ4n) is 2.30. The van der Waals surface area contributed by atoms with Crippen molar-refractivity contribution in [2.75, 3.05) is 0 Å². The monoisotopic (exact) mass is 518 g/mol. The molecule has 5 nitrogen and oxygen atoms in total. The van der Waals surface area contributed by atoms with Crippen LogP contribution in [0.5, 0.6) is 0 Å². The first-order chi connectivity index (χ1) is 12.1. The molecule has 0 aromatic heterocycles. The van der Waals surface area contributed by atoms with Gasteiger partial charge in [-0.2, -0.15) is 0 Å². The van der Waals surface area contributed by atoms with E-state index in [1.807, 2.05) is 0 Å². The SMILES string of the molecule is C[SiH](O[SiH](C)O[Si](C)(C)C)O[Si](C)(C)C.C[Si](C)(C)OC(C[SiH3])O[Si](C)(C)C. The number of rotatable bonds is 11. The van der Waals surface area contributed by atoms with Gasteiger partial charge in [-0.05, 0) is 97.7 Å². The molecule has 12 heteroatoms. The van der Waals surface area contributed by atoms with Crippen LogP contribution in [0.4, 0.5) is 0 Å². The van der Waals surface area contributed by atoms with Crippen LogP contribution in [0, 0.1) is 0 Å². The molecule has 0 radical (unpaired) electrons. The van der Waals surface area contributed by atoms with Gasteiger partial charge in [0.05, 0.1) is 0 Å². The van der Waals surface area contributed by atoms with Crippen LogP contribution >= 0.6 is 0 Å². The molecule has 172 valence electrons. The summed E-state index contributed by atoms with van der Waals surface area (Å²) >= 11 is 0. The van der Waals surface area contributed by atoms with E-state index in [0.29, 0.717) is 0 Å². The van der Waals surface area contributed by atoms with Crippen molar-refractivity contribution < 1.29 is 21.2 Å². The molecule has 0 N–H and O–H groups in total. The van der Waals surface area contributed by atoms with E-state index in [-0.39, 0.29) is 6.29 Å². The molecular formula is C16H50O5Si7. The summed E-state index contributed by atoms with van der Waals surface area (Å²) in [6.07, 6.45) is 0.0880.